The zero-order valence-corrected chi connectivity index (χ0v) is 10.8. The number of nitrogens with one attached hydrogen (secondary N) is 2. The van der Waals surface area contributed by atoms with Crippen molar-refractivity contribution in [1.29, 1.82) is 0 Å². The van der Waals surface area contributed by atoms with E-state index in [-0.39, 0.29) is 11.3 Å². The largest absolute Gasteiger partial charge is 0.399 e. The molecule has 0 fully saturated rings. The second-order valence-corrected chi connectivity index (χ2v) is 4.48. The molecule has 0 radical (unpaired) electrons. The first-order valence-electron chi connectivity index (χ1n) is 5.12. The number of amides is 1. The second kappa shape index (κ2) is 5.05. The molecule has 18 heavy (non-hydrogen) atoms. The van der Waals surface area contributed by atoms with Crippen LogP contribution < -0.4 is 16.6 Å². The summed E-state index contributed by atoms with van der Waals surface area (Å²) < 4.78 is 0.675. The monoisotopic (exact) mass is 307 g/mol. The number of rotatable bonds is 2. The van der Waals surface area contributed by atoms with E-state index in [0.717, 1.165) is 0 Å². The average molecular weight is 308 g/mol. The molecule has 5 nitrogen and oxygen atoms in total. The Hall–Kier alpha value is -2.08. The summed E-state index contributed by atoms with van der Waals surface area (Å²) in [7, 11) is 0. The number of anilines is 2. The number of pyridine rings is 1. The van der Waals surface area contributed by atoms with Crippen LogP contribution in [0.5, 0.6) is 0 Å². The molecule has 0 aliphatic carbocycles. The molecular formula is C12H10BrN3O2. The SMILES string of the molecule is Nc1ccc(NC(=O)c2cccc(=O)[nH]2)c(Br)c1. The first-order chi connectivity index (χ1) is 8.56. The van der Waals surface area contributed by atoms with E-state index < -0.39 is 5.91 Å². The number of nitrogen functional groups attached to an aromatic ring is 1. The lowest BCUT2D eigenvalue weighted by atomic mass is 10.2. The lowest BCUT2D eigenvalue weighted by Gasteiger charge is -2.07. The van der Waals surface area contributed by atoms with Gasteiger partial charge in [0.15, 0.2) is 0 Å². The van der Waals surface area contributed by atoms with Gasteiger partial charge in [0.1, 0.15) is 5.69 Å². The molecule has 2 rings (SSSR count). The molecule has 0 spiro atoms. The molecule has 0 unspecified atom stereocenters. The van der Waals surface area contributed by atoms with Crippen LogP contribution in [-0.2, 0) is 0 Å². The minimum atomic E-state index is -0.391. The number of halogens is 1. The summed E-state index contributed by atoms with van der Waals surface area (Å²) in [6.45, 7) is 0. The topological polar surface area (TPSA) is 88.0 Å². The average Bonchev–Trinajstić information content (AvgIpc) is 2.32. The molecule has 1 aromatic carbocycles. The predicted octanol–water partition coefficient (Wildman–Crippen LogP) is 1.97. The third-order valence-corrected chi connectivity index (χ3v) is 2.91. The number of carbonyl (C=O) groups excluding carboxylic acids is 1. The Bertz CT molecular complexity index is 652. The third kappa shape index (κ3) is 2.78. The number of aromatic nitrogens is 1. The van der Waals surface area contributed by atoms with Crippen molar-refractivity contribution >= 4 is 33.2 Å². The Morgan fingerprint density at radius 2 is 2.06 bits per heavy atom. The number of carbonyl (C=O) groups is 1. The summed E-state index contributed by atoms with van der Waals surface area (Å²) >= 11 is 3.30. The number of benzene rings is 1. The van der Waals surface area contributed by atoms with E-state index in [2.05, 4.69) is 26.2 Å². The second-order valence-electron chi connectivity index (χ2n) is 3.62. The Morgan fingerprint density at radius 1 is 1.28 bits per heavy atom. The van der Waals surface area contributed by atoms with Gasteiger partial charge in [-0.05, 0) is 40.2 Å². The predicted molar refractivity (Wildman–Crippen MR) is 73.6 cm³/mol. The van der Waals surface area contributed by atoms with Crippen LogP contribution in [0.3, 0.4) is 0 Å². The van der Waals surface area contributed by atoms with Crippen LogP contribution in [0.4, 0.5) is 11.4 Å². The van der Waals surface area contributed by atoms with Gasteiger partial charge in [-0.1, -0.05) is 6.07 Å². The van der Waals surface area contributed by atoms with Gasteiger partial charge in [-0.3, -0.25) is 9.59 Å². The molecule has 0 bridgehead atoms. The molecule has 0 saturated carbocycles. The number of hydrogen-bond donors (Lipinski definition) is 3. The Kier molecular flexibility index (Phi) is 3.47. The van der Waals surface area contributed by atoms with Gasteiger partial charge in [0.05, 0.1) is 5.69 Å². The van der Waals surface area contributed by atoms with E-state index in [1.54, 1.807) is 18.2 Å². The van der Waals surface area contributed by atoms with Gasteiger partial charge in [0.25, 0.3) is 5.91 Å². The fourth-order valence-electron chi connectivity index (χ4n) is 1.40. The van der Waals surface area contributed by atoms with Crippen molar-refractivity contribution in [2.75, 3.05) is 11.1 Å². The molecule has 1 amide bonds. The van der Waals surface area contributed by atoms with E-state index in [1.807, 2.05) is 0 Å². The van der Waals surface area contributed by atoms with Gasteiger partial charge in [-0.15, -0.1) is 0 Å². The van der Waals surface area contributed by atoms with Crippen molar-refractivity contribution in [3.05, 3.63) is 56.9 Å². The van der Waals surface area contributed by atoms with Gasteiger partial charge in [-0.2, -0.15) is 0 Å². The minimum absolute atomic E-state index is 0.200. The fraction of sp³-hybridized carbons (Fsp3) is 0. The molecule has 2 aromatic rings. The highest BCUT2D eigenvalue weighted by molar-refractivity contribution is 9.10. The van der Waals surface area contributed by atoms with Crippen LogP contribution in [0.15, 0.2) is 45.7 Å². The molecule has 0 aliphatic rings. The number of aromatic amines is 1. The van der Waals surface area contributed by atoms with E-state index in [9.17, 15) is 9.59 Å². The van der Waals surface area contributed by atoms with Crippen molar-refractivity contribution in [2.45, 2.75) is 0 Å². The van der Waals surface area contributed by atoms with Gasteiger partial charge >= 0.3 is 0 Å². The minimum Gasteiger partial charge on any atom is -0.399 e. The maximum atomic E-state index is 11.9. The Balaban J connectivity index is 2.24. The summed E-state index contributed by atoms with van der Waals surface area (Å²) in [6, 6.07) is 9.43. The standard InChI is InChI=1S/C12H10BrN3O2/c13-8-6-7(14)4-5-9(8)16-12(18)10-2-1-3-11(17)15-10/h1-6H,14H2,(H,15,17)(H,16,18). The zero-order chi connectivity index (χ0) is 13.1. The Morgan fingerprint density at radius 3 is 2.72 bits per heavy atom. The molecule has 1 aromatic heterocycles. The molecule has 0 saturated heterocycles. The summed E-state index contributed by atoms with van der Waals surface area (Å²) in [6.07, 6.45) is 0. The van der Waals surface area contributed by atoms with Crippen molar-refractivity contribution in [2.24, 2.45) is 0 Å². The van der Waals surface area contributed by atoms with Gasteiger partial charge in [-0.25, -0.2) is 0 Å². The molecule has 0 atom stereocenters. The highest BCUT2D eigenvalue weighted by atomic mass is 79.9. The molecule has 92 valence electrons. The molecule has 1 heterocycles. The van der Waals surface area contributed by atoms with Crippen LogP contribution in [0.1, 0.15) is 10.5 Å². The first-order valence-corrected chi connectivity index (χ1v) is 5.91. The molecular weight excluding hydrogens is 298 g/mol. The van der Waals surface area contributed by atoms with Crippen molar-refractivity contribution in [1.82, 2.24) is 4.98 Å². The number of nitrogens with two attached hydrogens (primary N) is 1. The van der Waals surface area contributed by atoms with Gasteiger partial charge < -0.3 is 16.0 Å². The van der Waals surface area contributed by atoms with E-state index in [0.29, 0.717) is 15.8 Å². The van der Waals surface area contributed by atoms with E-state index >= 15 is 0 Å². The van der Waals surface area contributed by atoms with E-state index in [4.69, 9.17) is 5.73 Å². The third-order valence-electron chi connectivity index (χ3n) is 2.25. The quantitative estimate of drug-likeness (QED) is 0.741. The maximum Gasteiger partial charge on any atom is 0.272 e. The van der Waals surface area contributed by atoms with Crippen LogP contribution >= 0.6 is 15.9 Å². The summed E-state index contributed by atoms with van der Waals surface area (Å²) in [5.74, 6) is -0.391. The van der Waals surface area contributed by atoms with Crippen LogP contribution in [0.2, 0.25) is 0 Å². The normalized spacial score (nSPS) is 10.1. The van der Waals surface area contributed by atoms with Crippen LogP contribution in [0.25, 0.3) is 0 Å². The Labute approximate surface area is 111 Å². The maximum absolute atomic E-state index is 11.9. The summed E-state index contributed by atoms with van der Waals surface area (Å²) in [5, 5.41) is 2.67. The molecule has 0 aliphatic heterocycles. The zero-order valence-electron chi connectivity index (χ0n) is 9.24. The number of H-pyrrole nitrogens is 1. The van der Waals surface area contributed by atoms with Crippen molar-refractivity contribution < 1.29 is 4.79 Å². The van der Waals surface area contributed by atoms with E-state index in [1.165, 1.54) is 18.2 Å². The fourth-order valence-corrected chi connectivity index (χ4v) is 1.90. The summed E-state index contributed by atoms with van der Waals surface area (Å²) in [5.41, 5.74) is 6.65. The van der Waals surface area contributed by atoms with Crippen LogP contribution in [0, 0.1) is 0 Å². The lowest BCUT2D eigenvalue weighted by molar-refractivity contribution is 0.102. The summed E-state index contributed by atoms with van der Waals surface area (Å²) in [4.78, 5) is 25.4. The highest BCUT2D eigenvalue weighted by Gasteiger charge is 2.08. The van der Waals surface area contributed by atoms with Gasteiger partial charge in [0.2, 0.25) is 5.56 Å². The van der Waals surface area contributed by atoms with Gasteiger partial charge in [0, 0.05) is 16.2 Å². The number of hydrogen-bond acceptors (Lipinski definition) is 3. The van der Waals surface area contributed by atoms with Crippen molar-refractivity contribution in [3.8, 4) is 0 Å². The highest BCUT2D eigenvalue weighted by Crippen LogP contribution is 2.24. The molecule has 4 N–H and O–H groups in total. The first kappa shape index (κ1) is 12.4. The molecule has 6 heteroatoms. The smallest absolute Gasteiger partial charge is 0.272 e. The lowest BCUT2D eigenvalue weighted by Crippen LogP contribution is -2.18. The van der Waals surface area contributed by atoms with Crippen molar-refractivity contribution in [3.63, 3.8) is 0 Å². The van der Waals surface area contributed by atoms with Crippen LogP contribution in [-0.4, -0.2) is 10.9 Å².